The molecule has 1 aromatic rings. The molecule has 0 aromatic carbocycles. The molecule has 1 aliphatic rings. The van der Waals surface area contributed by atoms with Crippen molar-refractivity contribution in [3.8, 4) is 0 Å². The fraction of sp³-hybridized carbons (Fsp3) is 0.737. The Morgan fingerprint density at radius 3 is 2.64 bits per heavy atom. The van der Waals surface area contributed by atoms with Gasteiger partial charge in [-0.25, -0.2) is 4.79 Å². The Balaban J connectivity index is 1.60. The van der Waals surface area contributed by atoms with Crippen molar-refractivity contribution in [1.29, 1.82) is 0 Å². The van der Waals surface area contributed by atoms with Gasteiger partial charge >= 0.3 is 6.09 Å². The molecular formula is C19H31N3O3. The number of amides is 1. The molecule has 0 saturated carbocycles. The van der Waals surface area contributed by atoms with E-state index in [1.165, 1.54) is 0 Å². The van der Waals surface area contributed by atoms with E-state index in [2.05, 4.69) is 9.97 Å². The zero-order chi connectivity index (χ0) is 18.3. The summed E-state index contributed by atoms with van der Waals surface area (Å²) in [4.78, 5) is 22.2. The van der Waals surface area contributed by atoms with Crippen molar-refractivity contribution in [3.63, 3.8) is 0 Å². The first-order chi connectivity index (χ1) is 11.8. The van der Waals surface area contributed by atoms with Crippen molar-refractivity contribution in [2.75, 3.05) is 19.7 Å². The molecule has 1 aliphatic heterocycles. The third kappa shape index (κ3) is 6.98. The summed E-state index contributed by atoms with van der Waals surface area (Å²) in [5.74, 6) is 0.661. The minimum absolute atomic E-state index is 0.0253. The molecule has 1 amide bonds. The lowest BCUT2D eigenvalue weighted by Crippen LogP contribution is -2.41. The molecule has 0 radical (unpaired) electrons. The van der Waals surface area contributed by atoms with Gasteiger partial charge in [-0.2, -0.15) is 0 Å². The number of piperidine rings is 1. The summed E-state index contributed by atoms with van der Waals surface area (Å²) >= 11 is 0. The van der Waals surface area contributed by atoms with Gasteiger partial charge in [0.25, 0.3) is 0 Å². The SMILES string of the molecule is C[C@H](OCCCC1CCN(C(=O)OC(C)(C)C)CC1)c1cnccn1. The molecule has 2 rings (SSSR count). The highest BCUT2D eigenvalue weighted by atomic mass is 16.6. The van der Waals surface area contributed by atoms with E-state index in [4.69, 9.17) is 9.47 Å². The first-order valence-electron chi connectivity index (χ1n) is 9.20. The number of likely N-dealkylation sites (tertiary alicyclic amines) is 1. The van der Waals surface area contributed by atoms with Gasteiger partial charge in [0.15, 0.2) is 0 Å². The standard InChI is InChI=1S/C19H31N3O3/c1-15(17-14-20-9-10-21-17)24-13-5-6-16-7-11-22(12-8-16)18(23)25-19(2,3)4/h9-10,14-16H,5-8,11-13H2,1-4H3/t15-/m0/s1. The van der Waals surface area contributed by atoms with Crippen LogP contribution in [0, 0.1) is 5.92 Å². The van der Waals surface area contributed by atoms with Gasteiger partial charge in [-0.05, 0) is 59.3 Å². The third-order valence-electron chi connectivity index (χ3n) is 4.39. The zero-order valence-electron chi connectivity index (χ0n) is 15.9. The molecule has 0 spiro atoms. The van der Waals surface area contributed by atoms with Crippen LogP contribution in [-0.2, 0) is 9.47 Å². The Morgan fingerprint density at radius 2 is 2.04 bits per heavy atom. The van der Waals surface area contributed by atoms with Crippen molar-refractivity contribution in [2.45, 2.75) is 65.1 Å². The van der Waals surface area contributed by atoms with Gasteiger partial charge in [0.05, 0.1) is 18.0 Å². The highest BCUT2D eigenvalue weighted by Crippen LogP contribution is 2.24. The number of carbonyl (C=O) groups excluding carboxylic acids is 1. The fourth-order valence-corrected chi connectivity index (χ4v) is 2.97. The second-order valence-corrected chi connectivity index (χ2v) is 7.70. The van der Waals surface area contributed by atoms with E-state index < -0.39 is 5.60 Å². The molecule has 6 nitrogen and oxygen atoms in total. The Labute approximate surface area is 150 Å². The van der Waals surface area contributed by atoms with E-state index in [1.54, 1.807) is 18.6 Å². The van der Waals surface area contributed by atoms with E-state index in [0.29, 0.717) is 5.92 Å². The summed E-state index contributed by atoms with van der Waals surface area (Å²) in [5.41, 5.74) is 0.443. The Morgan fingerprint density at radius 1 is 1.32 bits per heavy atom. The van der Waals surface area contributed by atoms with E-state index in [1.807, 2.05) is 32.6 Å². The molecular weight excluding hydrogens is 318 g/mol. The quantitative estimate of drug-likeness (QED) is 0.727. The summed E-state index contributed by atoms with van der Waals surface area (Å²) in [6.45, 7) is 10.0. The molecule has 140 valence electrons. The first kappa shape index (κ1) is 19.6. The van der Waals surface area contributed by atoms with E-state index in [0.717, 1.165) is 51.1 Å². The molecule has 6 heteroatoms. The number of carbonyl (C=O) groups is 1. The predicted molar refractivity (Wildman–Crippen MR) is 96.2 cm³/mol. The number of hydrogen-bond donors (Lipinski definition) is 0. The first-order valence-corrected chi connectivity index (χ1v) is 9.20. The minimum atomic E-state index is -0.426. The Hall–Kier alpha value is -1.69. The minimum Gasteiger partial charge on any atom is -0.444 e. The normalized spacial score (nSPS) is 17.4. The van der Waals surface area contributed by atoms with Gasteiger partial charge in [-0.3, -0.25) is 9.97 Å². The van der Waals surface area contributed by atoms with Crippen LogP contribution in [0.5, 0.6) is 0 Å². The smallest absolute Gasteiger partial charge is 0.410 e. The van der Waals surface area contributed by atoms with Gasteiger partial charge < -0.3 is 14.4 Å². The highest BCUT2D eigenvalue weighted by Gasteiger charge is 2.26. The van der Waals surface area contributed by atoms with Crippen LogP contribution in [0.4, 0.5) is 4.79 Å². The molecule has 0 unspecified atom stereocenters. The average Bonchev–Trinajstić information content (AvgIpc) is 2.58. The molecule has 0 bridgehead atoms. The van der Waals surface area contributed by atoms with Gasteiger partial charge in [0.1, 0.15) is 5.60 Å². The topological polar surface area (TPSA) is 64.5 Å². The average molecular weight is 349 g/mol. The number of hydrogen-bond acceptors (Lipinski definition) is 5. The van der Waals surface area contributed by atoms with Crippen LogP contribution in [0.25, 0.3) is 0 Å². The van der Waals surface area contributed by atoms with Gasteiger partial charge in [-0.15, -0.1) is 0 Å². The molecule has 1 atom stereocenters. The van der Waals surface area contributed by atoms with E-state index in [-0.39, 0.29) is 12.2 Å². The largest absolute Gasteiger partial charge is 0.444 e. The van der Waals surface area contributed by atoms with Crippen molar-refractivity contribution in [2.24, 2.45) is 5.92 Å². The summed E-state index contributed by atoms with van der Waals surface area (Å²) in [6.07, 6.45) is 9.13. The molecule has 25 heavy (non-hydrogen) atoms. The summed E-state index contributed by atoms with van der Waals surface area (Å²) < 4.78 is 11.3. The molecule has 0 N–H and O–H groups in total. The van der Waals surface area contributed by atoms with Crippen LogP contribution in [0.2, 0.25) is 0 Å². The van der Waals surface area contributed by atoms with Gasteiger partial charge in [-0.1, -0.05) is 0 Å². The molecule has 1 saturated heterocycles. The summed E-state index contributed by atoms with van der Waals surface area (Å²) in [6, 6.07) is 0. The van der Waals surface area contributed by atoms with E-state index in [9.17, 15) is 4.79 Å². The van der Waals surface area contributed by atoms with Crippen LogP contribution in [0.1, 0.15) is 65.2 Å². The summed E-state index contributed by atoms with van der Waals surface area (Å²) in [5, 5.41) is 0. The van der Waals surface area contributed by atoms with E-state index >= 15 is 0 Å². The van der Waals surface area contributed by atoms with Crippen LogP contribution >= 0.6 is 0 Å². The lowest BCUT2D eigenvalue weighted by molar-refractivity contribution is 0.0169. The Kier molecular flexibility index (Phi) is 7.17. The maximum Gasteiger partial charge on any atom is 0.410 e. The molecule has 1 fully saturated rings. The molecule has 0 aliphatic carbocycles. The van der Waals surface area contributed by atoms with Crippen molar-refractivity contribution in [1.82, 2.24) is 14.9 Å². The number of aromatic nitrogens is 2. The lowest BCUT2D eigenvalue weighted by atomic mass is 9.92. The Bertz CT molecular complexity index is 522. The zero-order valence-corrected chi connectivity index (χ0v) is 15.9. The fourth-order valence-electron chi connectivity index (χ4n) is 2.97. The van der Waals surface area contributed by atoms with Crippen molar-refractivity contribution in [3.05, 3.63) is 24.3 Å². The monoisotopic (exact) mass is 349 g/mol. The number of nitrogens with zero attached hydrogens (tertiary/aromatic N) is 3. The predicted octanol–water partition coefficient (Wildman–Crippen LogP) is 3.98. The van der Waals surface area contributed by atoms with Crippen LogP contribution in [0.3, 0.4) is 0 Å². The van der Waals surface area contributed by atoms with Gasteiger partial charge in [0, 0.05) is 32.1 Å². The maximum absolute atomic E-state index is 12.1. The number of ether oxygens (including phenoxy) is 2. The van der Waals surface area contributed by atoms with Crippen LogP contribution < -0.4 is 0 Å². The second-order valence-electron chi connectivity index (χ2n) is 7.70. The van der Waals surface area contributed by atoms with Crippen LogP contribution in [0.15, 0.2) is 18.6 Å². The lowest BCUT2D eigenvalue weighted by Gasteiger charge is -2.33. The highest BCUT2D eigenvalue weighted by molar-refractivity contribution is 5.68. The van der Waals surface area contributed by atoms with Crippen LogP contribution in [-0.4, -0.2) is 46.3 Å². The molecule has 1 aromatic heterocycles. The second kappa shape index (κ2) is 9.13. The van der Waals surface area contributed by atoms with Gasteiger partial charge in [0.2, 0.25) is 0 Å². The molecule has 2 heterocycles. The summed E-state index contributed by atoms with van der Waals surface area (Å²) in [7, 11) is 0. The number of rotatable bonds is 6. The third-order valence-corrected chi connectivity index (χ3v) is 4.39. The van der Waals surface area contributed by atoms with Crippen molar-refractivity contribution < 1.29 is 14.3 Å². The maximum atomic E-state index is 12.1. The van der Waals surface area contributed by atoms with Crippen molar-refractivity contribution >= 4 is 6.09 Å².